The van der Waals surface area contributed by atoms with E-state index in [1.165, 1.54) is 0 Å². The highest BCUT2D eigenvalue weighted by Gasteiger charge is 2.24. The lowest BCUT2D eigenvalue weighted by molar-refractivity contribution is 0.0951. The Morgan fingerprint density at radius 3 is 2.75 bits per heavy atom. The van der Waals surface area contributed by atoms with E-state index >= 15 is 0 Å². The summed E-state index contributed by atoms with van der Waals surface area (Å²) in [7, 11) is 2.17. The lowest BCUT2D eigenvalue weighted by Gasteiger charge is -2.28. The number of carbonyl (C=O) groups is 1. The summed E-state index contributed by atoms with van der Waals surface area (Å²) in [5.41, 5.74) is 4.34. The summed E-state index contributed by atoms with van der Waals surface area (Å²) in [4.78, 5) is 23.1. The van der Waals surface area contributed by atoms with Crippen molar-refractivity contribution in [3.63, 3.8) is 0 Å². The Balaban J connectivity index is 0.00000267. The minimum atomic E-state index is -0.0210. The normalized spacial score (nSPS) is 16.7. The molecule has 2 aromatic carbocycles. The molecule has 0 unspecified atom stereocenters. The van der Waals surface area contributed by atoms with E-state index in [9.17, 15) is 4.79 Å². The first-order chi connectivity index (χ1) is 17.0. The second-order valence-electron chi connectivity index (χ2n) is 9.92. The van der Waals surface area contributed by atoms with Crippen LogP contribution in [0.3, 0.4) is 0 Å². The van der Waals surface area contributed by atoms with E-state index in [4.69, 9.17) is 16.3 Å². The van der Waals surface area contributed by atoms with Crippen LogP contribution in [-0.4, -0.2) is 53.6 Å². The number of hydrogen-bond donors (Lipinski definition) is 2. The van der Waals surface area contributed by atoms with Crippen LogP contribution in [0.15, 0.2) is 48.7 Å². The summed E-state index contributed by atoms with van der Waals surface area (Å²) in [6, 6.07) is 14.2. The number of nitrogens with one attached hydrogen (secondary N) is 2. The smallest absolute Gasteiger partial charge is 0.251 e. The molecule has 2 N–H and O–H groups in total. The molecule has 2 aromatic heterocycles. The number of aromatic amines is 1. The van der Waals surface area contributed by atoms with E-state index in [-0.39, 0.29) is 13.3 Å². The number of amides is 1. The molecule has 2 fully saturated rings. The summed E-state index contributed by atoms with van der Waals surface area (Å²) in [6.45, 7) is 2.92. The largest absolute Gasteiger partial charge is 0.491 e. The molecule has 1 saturated carbocycles. The topological polar surface area (TPSA) is 70.2 Å². The van der Waals surface area contributed by atoms with Gasteiger partial charge in [-0.1, -0.05) is 31.2 Å². The summed E-state index contributed by atoms with van der Waals surface area (Å²) in [5, 5.41) is 5.62. The SMILES string of the molecule is C.CN1CCC(COc2ccc(-c3cccc(C(=O)NC4CC4)c3)c3c2[nH]c2ncc(Cl)cc23)CC1. The van der Waals surface area contributed by atoms with Crippen LogP contribution in [0.1, 0.15) is 43.5 Å². The fourth-order valence-corrected chi connectivity index (χ4v) is 5.11. The van der Waals surface area contributed by atoms with Crippen LogP contribution in [0.4, 0.5) is 0 Å². The van der Waals surface area contributed by atoms with Crippen molar-refractivity contribution in [1.82, 2.24) is 20.2 Å². The summed E-state index contributed by atoms with van der Waals surface area (Å²) in [5.74, 6) is 1.35. The number of H-pyrrole nitrogens is 1. The molecule has 1 aliphatic carbocycles. The first-order valence-corrected chi connectivity index (χ1v) is 12.8. The van der Waals surface area contributed by atoms with Crippen molar-refractivity contribution in [1.29, 1.82) is 0 Å². The number of benzene rings is 2. The average Bonchev–Trinajstić information content (AvgIpc) is 3.61. The predicted molar refractivity (Wildman–Crippen MR) is 147 cm³/mol. The second-order valence-corrected chi connectivity index (χ2v) is 10.4. The highest BCUT2D eigenvalue weighted by molar-refractivity contribution is 6.31. The number of hydrogen-bond acceptors (Lipinski definition) is 4. The Hall–Kier alpha value is -3.09. The number of aromatic nitrogens is 2. The number of fused-ring (bicyclic) bond motifs is 3. The molecule has 0 bridgehead atoms. The number of ether oxygens (including phenoxy) is 1. The van der Waals surface area contributed by atoms with Gasteiger partial charge in [0.2, 0.25) is 0 Å². The molecule has 3 heterocycles. The molecule has 1 aliphatic heterocycles. The van der Waals surface area contributed by atoms with Crippen LogP contribution < -0.4 is 10.1 Å². The van der Waals surface area contributed by atoms with Crippen molar-refractivity contribution in [2.45, 2.75) is 39.2 Å². The van der Waals surface area contributed by atoms with Gasteiger partial charge < -0.3 is 19.9 Å². The molecule has 0 spiro atoms. The van der Waals surface area contributed by atoms with Gasteiger partial charge in [-0.3, -0.25) is 4.79 Å². The summed E-state index contributed by atoms with van der Waals surface area (Å²) in [6.07, 6.45) is 6.08. The standard InChI is InChI=1S/C28H29ClN4O2.CH4/c1-33-11-9-17(10-12-33)16-35-24-8-7-22(25-23-14-20(29)15-30-27(23)32-26(24)25)18-3-2-4-19(13-18)28(34)31-21-5-6-21;/h2-4,7-8,13-15,17,21H,5-6,9-12,16H2,1H3,(H,30,32)(H,31,34);1H4. The number of piperidine rings is 1. The van der Waals surface area contributed by atoms with Gasteiger partial charge in [0.15, 0.2) is 0 Å². The van der Waals surface area contributed by atoms with Gasteiger partial charge in [-0.25, -0.2) is 4.98 Å². The van der Waals surface area contributed by atoms with Crippen molar-refractivity contribution in [2.24, 2.45) is 5.92 Å². The molecule has 0 atom stereocenters. The van der Waals surface area contributed by atoms with Crippen LogP contribution in [0.2, 0.25) is 5.02 Å². The zero-order chi connectivity index (χ0) is 23.9. The Labute approximate surface area is 217 Å². The lowest BCUT2D eigenvalue weighted by atomic mass is 9.97. The quantitative estimate of drug-likeness (QED) is 0.324. The molecule has 6 rings (SSSR count). The molecule has 7 heteroatoms. The van der Waals surface area contributed by atoms with Crippen molar-refractivity contribution >= 4 is 39.4 Å². The molecule has 188 valence electrons. The van der Waals surface area contributed by atoms with Gasteiger partial charge in [0.05, 0.1) is 17.1 Å². The van der Waals surface area contributed by atoms with Gasteiger partial charge in [0.25, 0.3) is 5.91 Å². The Kier molecular flexibility index (Phi) is 6.91. The van der Waals surface area contributed by atoms with Crippen molar-refractivity contribution in [3.8, 4) is 16.9 Å². The molecule has 0 radical (unpaired) electrons. The number of likely N-dealkylation sites (tertiary alicyclic amines) is 1. The van der Waals surface area contributed by atoms with E-state index < -0.39 is 0 Å². The van der Waals surface area contributed by atoms with Gasteiger partial charge in [-0.05, 0) is 93.2 Å². The van der Waals surface area contributed by atoms with Crippen LogP contribution in [0.25, 0.3) is 33.1 Å². The number of rotatable bonds is 6. The zero-order valence-electron chi connectivity index (χ0n) is 19.8. The molecule has 1 amide bonds. The minimum Gasteiger partial charge on any atom is -0.491 e. The van der Waals surface area contributed by atoms with E-state index in [1.54, 1.807) is 6.20 Å². The van der Waals surface area contributed by atoms with Gasteiger partial charge in [-0.2, -0.15) is 0 Å². The maximum Gasteiger partial charge on any atom is 0.251 e. The van der Waals surface area contributed by atoms with Crippen LogP contribution >= 0.6 is 11.6 Å². The average molecular weight is 505 g/mol. The van der Waals surface area contributed by atoms with Crippen LogP contribution in [0.5, 0.6) is 5.75 Å². The molecular formula is C29H33ClN4O2. The monoisotopic (exact) mass is 504 g/mol. The first kappa shape index (κ1) is 24.6. The molecule has 2 aliphatic rings. The Morgan fingerprint density at radius 2 is 1.97 bits per heavy atom. The third-order valence-corrected chi connectivity index (χ3v) is 7.40. The predicted octanol–water partition coefficient (Wildman–Crippen LogP) is 6.29. The van der Waals surface area contributed by atoms with E-state index in [1.807, 2.05) is 36.4 Å². The van der Waals surface area contributed by atoms with E-state index in [2.05, 4.69) is 33.3 Å². The molecule has 6 nitrogen and oxygen atoms in total. The van der Waals surface area contributed by atoms with Gasteiger partial charge in [0, 0.05) is 28.6 Å². The highest BCUT2D eigenvalue weighted by atomic mass is 35.5. The third-order valence-electron chi connectivity index (χ3n) is 7.20. The van der Waals surface area contributed by atoms with Gasteiger partial charge in [0.1, 0.15) is 11.4 Å². The first-order valence-electron chi connectivity index (χ1n) is 12.4. The third kappa shape index (κ3) is 4.93. The fourth-order valence-electron chi connectivity index (χ4n) is 4.96. The van der Waals surface area contributed by atoms with Crippen LogP contribution in [-0.2, 0) is 0 Å². The minimum absolute atomic E-state index is 0. The fraction of sp³-hybridized carbons (Fsp3) is 0.379. The van der Waals surface area contributed by atoms with Crippen molar-refractivity contribution < 1.29 is 9.53 Å². The van der Waals surface area contributed by atoms with Crippen LogP contribution in [0, 0.1) is 5.92 Å². The zero-order valence-corrected chi connectivity index (χ0v) is 20.6. The van der Waals surface area contributed by atoms with Gasteiger partial charge in [-0.15, -0.1) is 0 Å². The van der Waals surface area contributed by atoms with E-state index in [0.717, 1.165) is 77.6 Å². The second kappa shape index (κ2) is 10.1. The number of nitrogens with zero attached hydrogens (tertiary/aromatic N) is 2. The highest BCUT2D eigenvalue weighted by Crippen LogP contribution is 2.40. The molecule has 1 saturated heterocycles. The number of halogens is 1. The maximum atomic E-state index is 12.7. The summed E-state index contributed by atoms with van der Waals surface area (Å²) >= 11 is 6.35. The number of carbonyl (C=O) groups excluding carboxylic acids is 1. The molecular weight excluding hydrogens is 472 g/mol. The van der Waals surface area contributed by atoms with Crippen molar-refractivity contribution in [2.75, 3.05) is 26.7 Å². The maximum absolute atomic E-state index is 12.7. The van der Waals surface area contributed by atoms with Gasteiger partial charge >= 0.3 is 0 Å². The number of pyridine rings is 1. The molecule has 4 aromatic rings. The van der Waals surface area contributed by atoms with E-state index in [0.29, 0.717) is 29.2 Å². The lowest BCUT2D eigenvalue weighted by Crippen LogP contribution is -2.32. The Morgan fingerprint density at radius 1 is 1.17 bits per heavy atom. The Bertz CT molecular complexity index is 1400. The molecule has 36 heavy (non-hydrogen) atoms. The summed E-state index contributed by atoms with van der Waals surface area (Å²) < 4.78 is 6.38. The van der Waals surface area contributed by atoms with Crippen molar-refractivity contribution in [3.05, 3.63) is 59.2 Å².